The number of ether oxygens (including phenoxy) is 2. The Morgan fingerprint density at radius 2 is 1.80 bits per heavy atom. The minimum absolute atomic E-state index is 0.0413. The van der Waals surface area contributed by atoms with Crippen LogP contribution in [-0.4, -0.2) is 51.0 Å². The number of nitrogens with zero attached hydrogens (tertiary/aromatic N) is 2. The molecule has 0 bridgehead atoms. The summed E-state index contributed by atoms with van der Waals surface area (Å²) >= 11 is 0. The van der Waals surface area contributed by atoms with E-state index in [0.717, 1.165) is 29.7 Å². The summed E-state index contributed by atoms with van der Waals surface area (Å²) in [6.45, 7) is 3.34. The van der Waals surface area contributed by atoms with Gasteiger partial charge in [-0.3, -0.25) is 9.59 Å². The average molecular weight is 500 g/mol. The highest BCUT2D eigenvalue weighted by atomic mass is 32.2. The SMILES string of the molecule is CC(=O)N1CCCc2cc(S(=O)(=O)N3CCC(C(=O)NCc4ccc5c(c4)OCO5)CC3)ccc21. The lowest BCUT2D eigenvalue weighted by Crippen LogP contribution is -2.43. The first-order valence-corrected chi connectivity index (χ1v) is 13.3. The van der Waals surface area contributed by atoms with Gasteiger partial charge in [-0.05, 0) is 67.1 Å². The number of carbonyl (C=O) groups is 2. The summed E-state index contributed by atoms with van der Waals surface area (Å²) in [6, 6.07) is 10.6. The number of aryl methyl sites for hydroxylation is 1. The lowest BCUT2D eigenvalue weighted by atomic mass is 9.97. The maximum Gasteiger partial charge on any atom is 0.243 e. The van der Waals surface area contributed by atoms with Crippen LogP contribution < -0.4 is 19.7 Å². The van der Waals surface area contributed by atoms with E-state index >= 15 is 0 Å². The Morgan fingerprint density at radius 3 is 2.57 bits per heavy atom. The van der Waals surface area contributed by atoms with Crippen molar-refractivity contribution in [3.05, 3.63) is 47.5 Å². The van der Waals surface area contributed by atoms with Crippen LogP contribution in [0.4, 0.5) is 5.69 Å². The largest absolute Gasteiger partial charge is 0.454 e. The molecule has 2 amide bonds. The number of hydrogen-bond acceptors (Lipinski definition) is 6. The van der Waals surface area contributed by atoms with Crippen molar-refractivity contribution in [1.29, 1.82) is 0 Å². The molecule has 3 aliphatic heterocycles. The van der Waals surface area contributed by atoms with Crippen molar-refractivity contribution in [2.75, 3.05) is 31.3 Å². The fourth-order valence-corrected chi connectivity index (χ4v) is 6.47. The topological polar surface area (TPSA) is 105 Å². The van der Waals surface area contributed by atoms with Gasteiger partial charge >= 0.3 is 0 Å². The quantitative estimate of drug-likeness (QED) is 0.678. The summed E-state index contributed by atoms with van der Waals surface area (Å²) in [7, 11) is -3.67. The molecule has 35 heavy (non-hydrogen) atoms. The maximum atomic E-state index is 13.3. The number of piperidine rings is 1. The molecule has 0 saturated carbocycles. The molecule has 5 rings (SSSR count). The zero-order valence-corrected chi connectivity index (χ0v) is 20.5. The fraction of sp³-hybridized carbons (Fsp3) is 0.440. The van der Waals surface area contributed by atoms with Crippen molar-refractivity contribution >= 4 is 27.5 Å². The highest BCUT2D eigenvalue weighted by Crippen LogP contribution is 2.33. The molecule has 1 fully saturated rings. The van der Waals surface area contributed by atoms with Crippen LogP contribution in [-0.2, 0) is 32.6 Å². The van der Waals surface area contributed by atoms with Crippen LogP contribution in [0.3, 0.4) is 0 Å². The van der Waals surface area contributed by atoms with Crippen LogP contribution in [0.1, 0.15) is 37.3 Å². The minimum atomic E-state index is -3.67. The summed E-state index contributed by atoms with van der Waals surface area (Å²) in [6.07, 6.45) is 2.49. The Kier molecular flexibility index (Phi) is 6.41. The highest BCUT2D eigenvalue weighted by Gasteiger charge is 2.33. The van der Waals surface area contributed by atoms with Crippen LogP contribution >= 0.6 is 0 Å². The second-order valence-corrected chi connectivity index (χ2v) is 11.1. The molecule has 0 spiro atoms. The number of carbonyl (C=O) groups excluding carboxylic acids is 2. The Morgan fingerprint density at radius 1 is 1.03 bits per heavy atom. The number of sulfonamides is 1. The first-order chi connectivity index (χ1) is 16.8. The second kappa shape index (κ2) is 9.50. The lowest BCUT2D eigenvalue weighted by molar-refractivity contribution is -0.126. The fourth-order valence-electron chi connectivity index (χ4n) is 4.95. The van der Waals surface area contributed by atoms with Gasteiger partial charge < -0.3 is 19.7 Å². The van der Waals surface area contributed by atoms with E-state index in [4.69, 9.17) is 9.47 Å². The second-order valence-electron chi connectivity index (χ2n) is 9.15. The van der Waals surface area contributed by atoms with Gasteiger partial charge in [-0.25, -0.2) is 8.42 Å². The Bertz CT molecular complexity index is 1250. The normalized spacial score (nSPS) is 18.3. The van der Waals surface area contributed by atoms with E-state index in [9.17, 15) is 18.0 Å². The van der Waals surface area contributed by atoms with Crippen LogP contribution in [0.15, 0.2) is 41.3 Å². The smallest absolute Gasteiger partial charge is 0.243 e. The molecule has 2 aromatic carbocycles. The highest BCUT2D eigenvalue weighted by molar-refractivity contribution is 7.89. The lowest BCUT2D eigenvalue weighted by Gasteiger charge is -2.32. The van der Waals surface area contributed by atoms with Crippen LogP contribution in [0, 0.1) is 5.92 Å². The number of fused-ring (bicyclic) bond motifs is 2. The summed E-state index contributed by atoms with van der Waals surface area (Å²) in [5.41, 5.74) is 2.59. The van der Waals surface area contributed by atoms with E-state index in [0.29, 0.717) is 50.5 Å². The molecule has 3 aliphatic rings. The van der Waals surface area contributed by atoms with E-state index in [1.807, 2.05) is 18.2 Å². The zero-order chi connectivity index (χ0) is 24.6. The predicted octanol–water partition coefficient (Wildman–Crippen LogP) is 2.43. The molecule has 0 aliphatic carbocycles. The van der Waals surface area contributed by atoms with Crippen molar-refractivity contribution in [2.24, 2.45) is 5.92 Å². The van der Waals surface area contributed by atoms with Crippen LogP contribution in [0.25, 0.3) is 0 Å². The molecule has 1 N–H and O–H groups in total. The predicted molar refractivity (Wildman–Crippen MR) is 129 cm³/mol. The molecule has 3 heterocycles. The van der Waals surface area contributed by atoms with E-state index < -0.39 is 10.0 Å². The first kappa shape index (κ1) is 23.6. The van der Waals surface area contributed by atoms with Crippen molar-refractivity contribution in [2.45, 2.75) is 44.0 Å². The number of nitrogens with one attached hydrogen (secondary N) is 1. The van der Waals surface area contributed by atoms with Gasteiger partial charge in [0.15, 0.2) is 11.5 Å². The Balaban J connectivity index is 1.19. The molecule has 0 radical (unpaired) electrons. The van der Waals surface area contributed by atoms with Gasteiger partial charge in [-0.2, -0.15) is 4.31 Å². The number of benzene rings is 2. The molecule has 0 aromatic heterocycles. The van der Waals surface area contributed by atoms with Crippen molar-refractivity contribution < 1.29 is 27.5 Å². The van der Waals surface area contributed by atoms with Gasteiger partial charge in [0.05, 0.1) is 4.90 Å². The van der Waals surface area contributed by atoms with Gasteiger partial charge in [0.2, 0.25) is 28.6 Å². The third-order valence-corrected chi connectivity index (χ3v) is 8.81. The molecular weight excluding hydrogens is 470 g/mol. The molecule has 9 nitrogen and oxygen atoms in total. The average Bonchev–Trinajstić information content (AvgIpc) is 3.34. The summed E-state index contributed by atoms with van der Waals surface area (Å²) in [5.74, 6) is 1.02. The van der Waals surface area contributed by atoms with Crippen LogP contribution in [0.5, 0.6) is 11.5 Å². The number of anilines is 1. The molecule has 2 aromatic rings. The van der Waals surface area contributed by atoms with Gasteiger partial charge in [0, 0.05) is 44.7 Å². The summed E-state index contributed by atoms with van der Waals surface area (Å²) < 4.78 is 38.7. The van der Waals surface area contributed by atoms with Gasteiger partial charge in [-0.15, -0.1) is 0 Å². The van der Waals surface area contributed by atoms with Gasteiger partial charge in [-0.1, -0.05) is 6.07 Å². The van der Waals surface area contributed by atoms with E-state index in [1.54, 1.807) is 23.1 Å². The van der Waals surface area contributed by atoms with Crippen LogP contribution in [0.2, 0.25) is 0 Å². The van der Waals surface area contributed by atoms with E-state index in [1.165, 1.54) is 11.2 Å². The van der Waals surface area contributed by atoms with Gasteiger partial charge in [0.25, 0.3) is 0 Å². The Labute approximate surface area is 205 Å². The van der Waals surface area contributed by atoms with Gasteiger partial charge in [0.1, 0.15) is 0 Å². The van der Waals surface area contributed by atoms with Crippen molar-refractivity contribution in [1.82, 2.24) is 9.62 Å². The molecule has 0 unspecified atom stereocenters. The minimum Gasteiger partial charge on any atom is -0.454 e. The van der Waals surface area contributed by atoms with Crippen molar-refractivity contribution in [3.63, 3.8) is 0 Å². The number of amides is 2. The van der Waals surface area contributed by atoms with Crippen molar-refractivity contribution in [3.8, 4) is 11.5 Å². The Hall–Kier alpha value is -3.11. The monoisotopic (exact) mass is 499 g/mol. The molecule has 0 atom stereocenters. The number of hydrogen-bond donors (Lipinski definition) is 1. The molecule has 10 heteroatoms. The molecule has 1 saturated heterocycles. The third-order valence-electron chi connectivity index (χ3n) is 6.92. The third kappa shape index (κ3) is 4.72. The summed E-state index contributed by atoms with van der Waals surface area (Å²) in [5, 5.41) is 2.96. The standard InChI is InChI=1S/C25H29N3O6S/c1-17(29)28-10-2-3-20-14-21(5-6-22(20)28)35(31,32)27-11-8-19(9-12-27)25(30)26-15-18-4-7-23-24(13-18)34-16-33-23/h4-7,13-14,19H,2-3,8-12,15-16H2,1H3,(H,26,30). The number of rotatable bonds is 5. The van der Waals surface area contributed by atoms with E-state index in [-0.39, 0.29) is 29.4 Å². The molecular formula is C25H29N3O6S. The summed E-state index contributed by atoms with van der Waals surface area (Å²) in [4.78, 5) is 26.6. The zero-order valence-electron chi connectivity index (χ0n) is 19.7. The maximum absolute atomic E-state index is 13.3. The molecule has 186 valence electrons. The van der Waals surface area contributed by atoms with E-state index in [2.05, 4.69) is 5.32 Å². The first-order valence-electron chi connectivity index (χ1n) is 11.9.